The molecule has 0 saturated carbocycles. The summed E-state index contributed by atoms with van der Waals surface area (Å²) >= 11 is 18.5. The Morgan fingerprint density at radius 3 is 2.13 bits per heavy atom. The first kappa shape index (κ1) is 29.8. The van der Waals surface area contributed by atoms with Gasteiger partial charge in [-0.25, -0.2) is 8.42 Å². The molecular formula is C27H28Cl3N3O4S. The molecule has 0 aromatic heterocycles. The Balaban J connectivity index is 2.07. The molecule has 0 bridgehead atoms. The second kappa shape index (κ2) is 12.8. The first-order valence-corrected chi connectivity index (χ1v) is 14.4. The van der Waals surface area contributed by atoms with E-state index >= 15 is 0 Å². The first-order valence-electron chi connectivity index (χ1n) is 11.8. The van der Waals surface area contributed by atoms with Crippen molar-refractivity contribution >= 4 is 62.3 Å². The maximum Gasteiger partial charge on any atom is 0.264 e. The van der Waals surface area contributed by atoms with Crippen LogP contribution in [0.5, 0.6) is 0 Å². The molecule has 0 heterocycles. The van der Waals surface area contributed by atoms with Gasteiger partial charge in [-0.1, -0.05) is 64.6 Å². The summed E-state index contributed by atoms with van der Waals surface area (Å²) < 4.78 is 28.6. The van der Waals surface area contributed by atoms with Crippen LogP contribution in [0.4, 0.5) is 5.69 Å². The number of hydrogen-bond donors (Lipinski definition) is 1. The van der Waals surface area contributed by atoms with Gasteiger partial charge in [0.15, 0.2) is 0 Å². The fraction of sp³-hybridized carbons (Fsp3) is 0.259. The number of likely N-dealkylation sites (N-methyl/N-ethyl adjacent to an activating group) is 1. The average molecular weight is 597 g/mol. The molecule has 0 radical (unpaired) electrons. The Hall–Kier alpha value is -2.78. The van der Waals surface area contributed by atoms with Crippen molar-refractivity contribution in [2.75, 3.05) is 17.4 Å². The van der Waals surface area contributed by atoms with Gasteiger partial charge >= 0.3 is 0 Å². The summed E-state index contributed by atoms with van der Waals surface area (Å²) in [5.74, 6) is -0.975. The number of nitrogens with one attached hydrogen (secondary N) is 1. The summed E-state index contributed by atoms with van der Waals surface area (Å²) in [4.78, 5) is 27.9. The van der Waals surface area contributed by atoms with Crippen molar-refractivity contribution < 1.29 is 18.0 Å². The lowest BCUT2D eigenvalue weighted by Crippen LogP contribution is -2.51. The van der Waals surface area contributed by atoms with Crippen LogP contribution in [0.25, 0.3) is 0 Å². The first-order chi connectivity index (χ1) is 17.9. The number of halogens is 3. The number of anilines is 1. The van der Waals surface area contributed by atoms with Crippen molar-refractivity contribution in [2.45, 2.75) is 38.3 Å². The number of carbonyl (C=O) groups is 2. The van der Waals surface area contributed by atoms with Gasteiger partial charge in [0, 0.05) is 28.2 Å². The molecule has 202 valence electrons. The van der Waals surface area contributed by atoms with E-state index in [1.165, 1.54) is 35.2 Å². The summed E-state index contributed by atoms with van der Waals surface area (Å²) in [5.41, 5.74) is 1.67. The molecule has 0 aliphatic heterocycles. The van der Waals surface area contributed by atoms with Crippen LogP contribution < -0.4 is 9.62 Å². The third-order valence-electron chi connectivity index (χ3n) is 5.78. The summed E-state index contributed by atoms with van der Waals surface area (Å²) in [7, 11) is -4.22. The quantitative estimate of drug-likeness (QED) is 0.325. The Labute approximate surface area is 238 Å². The molecule has 1 atom stereocenters. The monoisotopic (exact) mass is 595 g/mol. The highest BCUT2D eigenvalue weighted by molar-refractivity contribution is 7.92. The second-order valence-electron chi connectivity index (χ2n) is 8.67. The number of benzene rings is 3. The maximum absolute atomic E-state index is 13.8. The van der Waals surface area contributed by atoms with Crippen molar-refractivity contribution in [3.05, 3.63) is 92.9 Å². The zero-order valence-corrected chi connectivity index (χ0v) is 24.2. The van der Waals surface area contributed by atoms with Gasteiger partial charge < -0.3 is 10.2 Å². The molecular weight excluding hydrogens is 569 g/mol. The molecule has 7 nitrogen and oxygen atoms in total. The fourth-order valence-corrected chi connectivity index (χ4v) is 5.91. The van der Waals surface area contributed by atoms with Crippen molar-refractivity contribution in [1.82, 2.24) is 10.2 Å². The molecule has 0 spiro atoms. The van der Waals surface area contributed by atoms with Crippen LogP contribution in [0.1, 0.15) is 25.0 Å². The number of nitrogens with zero attached hydrogens (tertiary/aromatic N) is 2. The summed E-state index contributed by atoms with van der Waals surface area (Å²) in [6, 6.07) is 16.6. The van der Waals surface area contributed by atoms with Gasteiger partial charge in [-0.15, -0.1) is 0 Å². The molecule has 0 fully saturated rings. The predicted molar refractivity (Wildman–Crippen MR) is 152 cm³/mol. The molecule has 38 heavy (non-hydrogen) atoms. The van der Waals surface area contributed by atoms with Crippen LogP contribution in [0, 0.1) is 6.92 Å². The van der Waals surface area contributed by atoms with Crippen LogP contribution in [-0.4, -0.2) is 44.3 Å². The Morgan fingerprint density at radius 2 is 1.55 bits per heavy atom. The minimum absolute atomic E-state index is 0.00911. The molecule has 2 amide bonds. The lowest BCUT2D eigenvalue weighted by atomic mass is 10.1. The number of hydrogen-bond acceptors (Lipinski definition) is 4. The van der Waals surface area contributed by atoms with E-state index in [0.717, 1.165) is 9.87 Å². The maximum atomic E-state index is 13.8. The lowest BCUT2D eigenvalue weighted by molar-refractivity contribution is -0.139. The standard InChI is InChI=1S/C27H28Cl3N3O4S/c1-4-31-27(35)19(3)32(16-20-6-5-7-21(28)12-20)26(34)17-33(24-14-22(29)13-23(30)15-24)38(36,37)25-10-8-18(2)9-11-25/h5-15,19H,4,16-17H2,1-3H3,(H,31,35)/t19-/m0/s1. The Kier molecular flexibility index (Phi) is 10.1. The van der Waals surface area contributed by atoms with Gasteiger partial charge in [-0.05, 0) is 68.8 Å². The lowest BCUT2D eigenvalue weighted by Gasteiger charge is -2.32. The van der Waals surface area contributed by atoms with Gasteiger partial charge in [0.05, 0.1) is 10.6 Å². The van der Waals surface area contributed by atoms with E-state index in [2.05, 4.69) is 5.32 Å². The molecule has 0 aliphatic rings. The molecule has 3 rings (SSSR count). The largest absolute Gasteiger partial charge is 0.355 e. The van der Waals surface area contributed by atoms with E-state index in [4.69, 9.17) is 34.8 Å². The Bertz CT molecular complexity index is 1400. The number of aryl methyl sites for hydroxylation is 1. The van der Waals surface area contributed by atoms with Gasteiger partial charge in [-0.2, -0.15) is 0 Å². The van der Waals surface area contributed by atoms with E-state index in [0.29, 0.717) is 17.1 Å². The Morgan fingerprint density at radius 1 is 0.921 bits per heavy atom. The van der Waals surface area contributed by atoms with Gasteiger partial charge in [0.25, 0.3) is 10.0 Å². The van der Waals surface area contributed by atoms with Crippen LogP contribution in [0.3, 0.4) is 0 Å². The highest BCUT2D eigenvalue weighted by atomic mass is 35.5. The smallest absolute Gasteiger partial charge is 0.264 e. The molecule has 11 heteroatoms. The van der Waals surface area contributed by atoms with Crippen LogP contribution in [-0.2, 0) is 26.2 Å². The molecule has 3 aromatic carbocycles. The molecule has 0 unspecified atom stereocenters. The highest BCUT2D eigenvalue weighted by Gasteiger charge is 2.32. The third-order valence-corrected chi connectivity index (χ3v) is 8.24. The molecule has 0 saturated heterocycles. The number of amides is 2. The van der Waals surface area contributed by atoms with E-state index < -0.39 is 28.5 Å². The summed E-state index contributed by atoms with van der Waals surface area (Å²) in [5, 5.41) is 3.59. The van der Waals surface area contributed by atoms with Crippen molar-refractivity contribution in [2.24, 2.45) is 0 Å². The van der Waals surface area contributed by atoms with Crippen molar-refractivity contribution in [1.29, 1.82) is 0 Å². The number of carbonyl (C=O) groups excluding carboxylic acids is 2. The van der Waals surface area contributed by atoms with Gasteiger partial charge in [-0.3, -0.25) is 13.9 Å². The van der Waals surface area contributed by atoms with Crippen molar-refractivity contribution in [3.63, 3.8) is 0 Å². The van der Waals surface area contributed by atoms with Crippen LogP contribution in [0.15, 0.2) is 71.6 Å². The average Bonchev–Trinajstić information content (AvgIpc) is 2.85. The van der Waals surface area contributed by atoms with Gasteiger partial charge in [0.1, 0.15) is 12.6 Å². The van der Waals surface area contributed by atoms with Crippen LogP contribution in [0.2, 0.25) is 15.1 Å². The number of sulfonamides is 1. The third kappa shape index (κ3) is 7.41. The van der Waals surface area contributed by atoms with E-state index in [9.17, 15) is 18.0 Å². The predicted octanol–water partition coefficient (Wildman–Crippen LogP) is 5.70. The molecule has 1 N–H and O–H groups in total. The van der Waals surface area contributed by atoms with E-state index in [1.807, 2.05) is 6.92 Å². The number of rotatable bonds is 10. The summed E-state index contributed by atoms with van der Waals surface area (Å²) in [6.45, 7) is 5.00. The second-order valence-corrected chi connectivity index (χ2v) is 11.8. The molecule has 0 aliphatic carbocycles. The van der Waals surface area contributed by atoms with Crippen LogP contribution >= 0.6 is 34.8 Å². The topological polar surface area (TPSA) is 86.8 Å². The zero-order chi connectivity index (χ0) is 28.0. The van der Waals surface area contributed by atoms with Gasteiger partial charge in [0.2, 0.25) is 11.8 Å². The highest BCUT2D eigenvalue weighted by Crippen LogP contribution is 2.30. The zero-order valence-electron chi connectivity index (χ0n) is 21.1. The normalized spacial score (nSPS) is 12.1. The van der Waals surface area contributed by atoms with E-state index in [1.54, 1.807) is 50.2 Å². The van der Waals surface area contributed by atoms with E-state index in [-0.39, 0.29) is 33.1 Å². The van der Waals surface area contributed by atoms with Crippen molar-refractivity contribution in [3.8, 4) is 0 Å². The molecule has 3 aromatic rings. The SMILES string of the molecule is CCNC(=O)[C@H](C)N(Cc1cccc(Cl)c1)C(=O)CN(c1cc(Cl)cc(Cl)c1)S(=O)(=O)c1ccc(C)cc1. The fourth-order valence-electron chi connectivity index (χ4n) is 3.79. The summed E-state index contributed by atoms with van der Waals surface area (Å²) in [6.07, 6.45) is 0. The minimum Gasteiger partial charge on any atom is -0.355 e. The minimum atomic E-state index is -4.22.